The third kappa shape index (κ3) is 2.91. The number of fused-ring (bicyclic) bond motifs is 1. The summed E-state index contributed by atoms with van der Waals surface area (Å²) < 4.78 is 10.5. The lowest BCUT2D eigenvalue weighted by molar-refractivity contribution is -0.138. The molecule has 3 N–H and O–H groups in total. The fraction of sp³-hybridized carbons (Fsp3) is 0.417. The van der Waals surface area contributed by atoms with Crippen molar-refractivity contribution in [2.45, 2.75) is 12.6 Å². The van der Waals surface area contributed by atoms with E-state index in [-0.39, 0.29) is 6.79 Å². The number of hydrogen-bond acceptors (Lipinski definition) is 5. The molecular formula is C12H16N2O4. The Balaban J connectivity index is 1.95. The van der Waals surface area contributed by atoms with Crippen molar-refractivity contribution in [1.29, 1.82) is 0 Å². The van der Waals surface area contributed by atoms with Crippen LogP contribution in [0.5, 0.6) is 11.5 Å². The zero-order chi connectivity index (χ0) is 13.1. The number of nitrogens with two attached hydrogens (primary N) is 1. The molecule has 0 bridgehead atoms. The summed E-state index contributed by atoms with van der Waals surface area (Å²) in [5.74, 6) is 0.472. The second-order valence-corrected chi connectivity index (χ2v) is 4.33. The first-order valence-electron chi connectivity index (χ1n) is 5.61. The molecule has 0 fully saturated rings. The number of carbonyl (C=O) groups is 1. The highest BCUT2D eigenvalue weighted by Gasteiger charge is 2.16. The molecular weight excluding hydrogens is 236 g/mol. The average Bonchev–Trinajstić information content (AvgIpc) is 2.75. The minimum Gasteiger partial charge on any atom is -0.480 e. The lowest BCUT2D eigenvalue weighted by atomic mass is 10.2. The normalized spacial score (nSPS) is 14.8. The molecule has 1 aliphatic rings. The van der Waals surface area contributed by atoms with Crippen molar-refractivity contribution in [3.05, 3.63) is 23.8 Å². The number of hydrogen-bond donors (Lipinski definition) is 2. The summed E-state index contributed by atoms with van der Waals surface area (Å²) in [6.45, 7) is 1.15. The van der Waals surface area contributed by atoms with Gasteiger partial charge in [-0.05, 0) is 24.7 Å². The molecule has 0 aromatic heterocycles. The van der Waals surface area contributed by atoms with Crippen molar-refractivity contribution in [3.8, 4) is 11.5 Å². The van der Waals surface area contributed by atoms with Gasteiger partial charge in [-0.25, -0.2) is 0 Å². The molecule has 0 saturated heterocycles. The first-order chi connectivity index (χ1) is 8.56. The maximum absolute atomic E-state index is 10.7. The summed E-state index contributed by atoms with van der Waals surface area (Å²) in [6.07, 6.45) is 0. The predicted molar refractivity (Wildman–Crippen MR) is 64.5 cm³/mol. The number of likely N-dealkylation sites (N-methyl/N-ethyl adjacent to an activating group) is 1. The quantitative estimate of drug-likeness (QED) is 0.782. The second kappa shape index (κ2) is 5.24. The van der Waals surface area contributed by atoms with Gasteiger partial charge < -0.3 is 20.3 Å². The van der Waals surface area contributed by atoms with E-state index in [0.29, 0.717) is 13.1 Å². The lowest BCUT2D eigenvalue weighted by Crippen LogP contribution is -2.40. The van der Waals surface area contributed by atoms with Crippen LogP contribution in [-0.4, -0.2) is 42.4 Å². The van der Waals surface area contributed by atoms with Gasteiger partial charge >= 0.3 is 5.97 Å². The van der Waals surface area contributed by atoms with E-state index in [1.807, 2.05) is 30.1 Å². The highest BCUT2D eigenvalue weighted by molar-refractivity contribution is 5.73. The van der Waals surface area contributed by atoms with E-state index in [1.54, 1.807) is 0 Å². The minimum atomic E-state index is -0.993. The highest BCUT2D eigenvalue weighted by atomic mass is 16.7. The molecule has 0 spiro atoms. The number of carboxylic acid groups (broad SMARTS) is 1. The molecule has 2 rings (SSSR count). The van der Waals surface area contributed by atoms with Gasteiger partial charge in [-0.1, -0.05) is 6.07 Å². The number of benzene rings is 1. The highest BCUT2D eigenvalue weighted by Crippen LogP contribution is 2.32. The Hall–Kier alpha value is -1.79. The second-order valence-electron chi connectivity index (χ2n) is 4.33. The first-order valence-corrected chi connectivity index (χ1v) is 5.61. The number of rotatable bonds is 5. The van der Waals surface area contributed by atoms with E-state index in [4.69, 9.17) is 20.3 Å². The predicted octanol–water partition coefficient (Wildman–Crippen LogP) is 0.259. The smallest absolute Gasteiger partial charge is 0.321 e. The number of carboxylic acids is 1. The molecule has 1 aliphatic heterocycles. The monoisotopic (exact) mass is 252 g/mol. The van der Waals surface area contributed by atoms with E-state index in [1.165, 1.54) is 0 Å². The van der Waals surface area contributed by atoms with Crippen molar-refractivity contribution in [3.63, 3.8) is 0 Å². The van der Waals surface area contributed by atoms with Gasteiger partial charge in [0.05, 0.1) is 0 Å². The van der Waals surface area contributed by atoms with Crippen LogP contribution in [0.25, 0.3) is 0 Å². The summed E-state index contributed by atoms with van der Waals surface area (Å²) in [4.78, 5) is 12.5. The van der Waals surface area contributed by atoms with Gasteiger partial charge in [0.15, 0.2) is 11.5 Å². The molecule has 1 unspecified atom stereocenters. The largest absolute Gasteiger partial charge is 0.480 e. The molecule has 1 atom stereocenters. The van der Waals surface area contributed by atoms with E-state index in [9.17, 15) is 4.79 Å². The maximum atomic E-state index is 10.7. The van der Waals surface area contributed by atoms with Crippen molar-refractivity contribution in [1.82, 2.24) is 4.90 Å². The fourth-order valence-electron chi connectivity index (χ4n) is 1.83. The van der Waals surface area contributed by atoms with E-state index in [2.05, 4.69) is 0 Å². The topological polar surface area (TPSA) is 85.0 Å². The Morgan fingerprint density at radius 1 is 1.50 bits per heavy atom. The number of nitrogens with zero attached hydrogens (tertiary/aromatic N) is 1. The van der Waals surface area contributed by atoms with Gasteiger partial charge in [0.1, 0.15) is 6.04 Å². The van der Waals surface area contributed by atoms with Crippen molar-refractivity contribution in [2.75, 3.05) is 20.4 Å². The van der Waals surface area contributed by atoms with Crippen LogP contribution in [0, 0.1) is 0 Å². The Kier molecular flexibility index (Phi) is 3.69. The standard InChI is InChI=1S/C12H16N2O4/c1-14(6-9(13)12(15)16)5-8-2-3-10-11(4-8)18-7-17-10/h2-4,9H,5-7,13H2,1H3,(H,15,16). The van der Waals surface area contributed by atoms with Crippen molar-refractivity contribution >= 4 is 5.97 Å². The molecule has 0 aliphatic carbocycles. The molecule has 98 valence electrons. The summed E-state index contributed by atoms with van der Waals surface area (Å²) >= 11 is 0. The Bertz CT molecular complexity index is 450. The van der Waals surface area contributed by atoms with Crippen LogP contribution in [-0.2, 0) is 11.3 Å². The van der Waals surface area contributed by atoms with E-state index < -0.39 is 12.0 Å². The molecule has 1 aromatic rings. The van der Waals surface area contributed by atoms with E-state index in [0.717, 1.165) is 17.1 Å². The van der Waals surface area contributed by atoms with Crippen LogP contribution < -0.4 is 15.2 Å². The summed E-state index contributed by atoms with van der Waals surface area (Å²) in [7, 11) is 1.83. The third-order valence-electron chi connectivity index (χ3n) is 2.72. The van der Waals surface area contributed by atoms with Gasteiger partial charge in [-0.15, -0.1) is 0 Å². The lowest BCUT2D eigenvalue weighted by Gasteiger charge is -2.19. The van der Waals surface area contributed by atoms with Crippen LogP contribution in [0.1, 0.15) is 5.56 Å². The molecule has 1 heterocycles. The zero-order valence-corrected chi connectivity index (χ0v) is 10.1. The van der Waals surface area contributed by atoms with Crippen molar-refractivity contribution in [2.24, 2.45) is 5.73 Å². The van der Waals surface area contributed by atoms with E-state index >= 15 is 0 Å². The summed E-state index contributed by atoms with van der Waals surface area (Å²) in [6, 6.07) is 4.80. The van der Waals surface area contributed by atoms with Crippen LogP contribution in [0.4, 0.5) is 0 Å². The molecule has 6 nitrogen and oxygen atoms in total. The maximum Gasteiger partial charge on any atom is 0.321 e. The molecule has 6 heteroatoms. The first kappa shape index (κ1) is 12.7. The van der Waals surface area contributed by atoms with Gasteiger partial charge in [0.25, 0.3) is 0 Å². The Morgan fingerprint density at radius 2 is 2.22 bits per heavy atom. The summed E-state index contributed by atoms with van der Waals surface area (Å²) in [5, 5.41) is 8.74. The molecule has 18 heavy (non-hydrogen) atoms. The number of aliphatic carboxylic acids is 1. The summed E-state index contributed by atoms with van der Waals surface area (Å²) in [5.41, 5.74) is 6.50. The van der Waals surface area contributed by atoms with Crippen LogP contribution >= 0.6 is 0 Å². The van der Waals surface area contributed by atoms with Crippen LogP contribution in [0.2, 0.25) is 0 Å². The Labute approximate surface area is 105 Å². The van der Waals surface area contributed by atoms with Gasteiger partial charge in [-0.3, -0.25) is 9.69 Å². The zero-order valence-electron chi connectivity index (χ0n) is 10.1. The molecule has 0 saturated carbocycles. The van der Waals surface area contributed by atoms with Gasteiger partial charge in [0, 0.05) is 13.1 Å². The molecule has 1 aromatic carbocycles. The van der Waals surface area contributed by atoms with Gasteiger partial charge in [0.2, 0.25) is 6.79 Å². The van der Waals surface area contributed by atoms with Crippen LogP contribution in [0.15, 0.2) is 18.2 Å². The third-order valence-corrected chi connectivity index (χ3v) is 2.72. The fourth-order valence-corrected chi connectivity index (χ4v) is 1.83. The average molecular weight is 252 g/mol. The Morgan fingerprint density at radius 3 is 2.94 bits per heavy atom. The number of ether oxygens (including phenoxy) is 2. The minimum absolute atomic E-state index is 0.249. The molecule has 0 amide bonds. The van der Waals surface area contributed by atoms with Crippen molar-refractivity contribution < 1.29 is 19.4 Å². The van der Waals surface area contributed by atoms with Gasteiger partial charge in [-0.2, -0.15) is 0 Å². The van der Waals surface area contributed by atoms with Crippen LogP contribution in [0.3, 0.4) is 0 Å². The SMILES string of the molecule is CN(Cc1ccc2c(c1)OCO2)CC(N)C(=O)O. The molecule has 0 radical (unpaired) electrons.